The number of nitrogens with zero attached hydrogens (tertiary/aromatic N) is 1. The van der Waals surface area contributed by atoms with E-state index in [2.05, 4.69) is 0 Å². The maximum absolute atomic E-state index is 12.4. The number of fused-ring (bicyclic) bond motifs is 3. The van der Waals surface area contributed by atoms with E-state index in [1.54, 1.807) is 14.2 Å². The highest BCUT2D eigenvalue weighted by Gasteiger charge is 2.41. The van der Waals surface area contributed by atoms with Gasteiger partial charge in [-0.05, 0) is 31.6 Å². The summed E-state index contributed by atoms with van der Waals surface area (Å²) in [7, 11) is 3.18. The number of allylic oxidation sites excluding steroid dienone is 3. The molecule has 0 fully saturated rings. The van der Waals surface area contributed by atoms with Crippen LogP contribution < -0.4 is 0 Å². The van der Waals surface area contributed by atoms with Crippen molar-refractivity contribution in [2.45, 2.75) is 19.9 Å². The minimum atomic E-state index is -0.0403. The summed E-state index contributed by atoms with van der Waals surface area (Å²) in [5.74, 6) is 1.19. The maximum atomic E-state index is 12.4. The normalized spacial score (nSPS) is 28.1. The number of aliphatic imine (C=N–C) groups is 1. The first-order chi connectivity index (χ1) is 9.58. The molecule has 104 valence electrons. The topological polar surface area (TPSA) is 47.9 Å². The molecule has 0 bridgehead atoms. The molecule has 0 aromatic heterocycles. The second-order valence-electron chi connectivity index (χ2n) is 5.15. The molecule has 0 N–H and O–H groups in total. The quantitative estimate of drug-likeness (QED) is 0.724. The van der Waals surface area contributed by atoms with Crippen molar-refractivity contribution >= 4 is 11.5 Å². The average Bonchev–Trinajstić information content (AvgIpc) is 2.84. The van der Waals surface area contributed by atoms with E-state index in [-0.39, 0.29) is 17.7 Å². The second kappa shape index (κ2) is 4.47. The summed E-state index contributed by atoms with van der Waals surface area (Å²) in [6.45, 7) is 3.77. The fraction of sp³-hybridized carbons (Fsp3) is 0.375. The summed E-state index contributed by atoms with van der Waals surface area (Å²) in [5.41, 5.74) is 3.44. The molecular weight excluding hydrogens is 254 g/mol. The molecule has 1 heterocycles. The van der Waals surface area contributed by atoms with Crippen molar-refractivity contribution in [3.8, 4) is 0 Å². The summed E-state index contributed by atoms with van der Waals surface area (Å²) in [6, 6.07) is 0.0256. The Bertz CT molecular complexity index is 647. The standard InChI is InChI=1S/C16H17NO3/c1-8-9(2)15(18)16(20-4)13-11-7-10(19-3)5-6-12(11)17-14(8)13/h5-7,11-12H,1-4H3/t11-,12+/m1/s1. The summed E-state index contributed by atoms with van der Waals surface area (Å²) in [5, 5.41) is 0. The SMILES string of the molecule is COC1=C[C@H]2C3=C(OC)C(=O)C(C)=C(C)C3=N[C@H]2C=C1. The molecule has 20 heavy (non-hydrogen) atoms. The predicted molar refractivity (Wildman–Crippen MR) is 76.4 cm³/mol. The average molecular weight is 271 g/mol. The zero-order valence-corrected chi connectivity index (χ0v) is 12.1. The molecule has 0 saturated carbocycles. The molecule has 4 nitrogen and oxygen atoms in total. The molecule has 4 heteroatoms. The van der Waals surface area contributed by atoms with E-state index >= 15 is 0 Å². The fourth-order valence-electron chi connectivity index (χ4n) is 2.94. The molecule has 0 spiro atoms. The van der Waals surface area contributed by atoms with Gasteiger partial charge in [-0.1, -0.05) is 6.08 Å². The zero-order valence-electron chi connectivity index (χ0n) is 12.1. The third-order valence-corrected chi connectivity index (χ3v) is 4.19. The van der Waals surface area contributed by atoms with Crippen LogP contribution in [0.15, 0.2) is 51.5 Å². The Kier molecular flexibility index (Phi) is 2.89. The van der Waals surface area contributed by atoms with Crippen LogP contribution in [-0.2, 0) is 14.3 Å². The molecule has 0 aromatic rings. The molecule has 3 rings (SSSR count). The first-order valence-electron chi connectivity index (χ1n) is 6.61. The van der Waals surface area contributed by atoms with Gasteiger partial charge in [0.2, 0.25) is 5.78 Å². The number of hydrogen-bond acceptors (Lipinski definition) is 4. The van der Waals surface area contributed by atoms with Gasteiger partial charge < -0.3 is 9.47 Å². The molecule has 0 unspecified atom stereocenters. The molecule has 0 saturated heterocycles. The Morgan fingerprint density at radius 1 is 1.15 bits per heavy atom. The van der Waals surface area contributed by atoms with Crippen LogP contribution in [0.3, 0.4) is 0 Å². The second-order valence-corrected chi connectivity index (χ2v) is 5.15. The molecule has 3 aliphatic rings. The predicted octanol–water partition coefficient (Wildman–Crippen LogP) is 2.35. The van der Waals surface area contributed by atoms with E-state index in [0.29, 0.717) is 11.3 Å². The van der Waals surface area contributed by atoms with Gasteiger partial charge in [0.25, 0.3) is 0 Å². The van der Waals surface area contributed by atoms with E-state index in [4.69, 9.17) is 14.5 Å². The number of rotatable bonds is 2. The number of ether oxygens (including phenoxy) is 2. The number of Topliss-reactive ketones (excluding diaryl/α,β-unsaturated/α-hetero) is 1. The Balaban J connectivity index is 2.17. The van der Waals surface area contributed by atoms with Crippen LogP contribution in [0.5, 0.6) is 0 Å². The van der Waals surface area contributed by atoms with Gasteiger partial charge in [0, 0.05) is 17.1 Å². The molecule has 1 aliphatic heterocycles. The lowest BCUT2D eigenvalue weighted by Gasteiger charge is -2.23. The van der Waals surface area contributed by atoms with Crippen molar-refractivity contribution in [3.63, 3.8) is 0 Å². The van der Waals surface area contributed by atoms with Crippen molar-refractivity contribution < 1.29 is 14.3 Å². The molecule has 0 aromatic carbocycles. The van der Waals surface area contributed by atoms with Crippen LogP contribution in [0.4, 0.5) is 0 Å². The smallest absolute Gasteiger partial charge is 0.223 e. The largest absolute Gasteiger partial charge is 0.497 e. The molecule has 2 aliphatic carbocycles. The van der Waals surface area contributed by atoms with Gasteiger partial charge in [-0.2, -0.15) is 0 Å². The Hall–Kier alpha value is -2.10. The maximum Gasteiger partial charge on any atom is 0.223 e. The van der Waals surface area contributed by atoms with Gasteiger partial charge in [0.1, 0.15) is 5.76 Å². The first-order valence-corrected chi connectivity index (χ1v) is 6.61. The summed E-state index contributed by atoms with van der Waals surface area (Å²) >= 11 is 0. The van der Waals surface area contributed by atoms with Crippen LogP contribution in [-0.4, -0.2) is 31.8 Å². The van der Waals surface area contributed by atoms with Gasteiger partial charge in [-0.15, -0.1) is 0 Å². The highest BCUT2D eigenvalue weighted by Crippen LogP contribution is 2.41. The number of carbonyl (C=O) groups excluding carboxylic acids is 1. The van der Waals surface area contributed by atoms with Gasteiger partial charge in [-0.25, -0.2) is 0 Å². The van der Waals surface area contributed by atoms with Crippen molar-refractivity contribution in [3.05, 3.63) is 46.5 Å². The summed E-state index contributed by atoms with van der Waals surface area (Å²) in [6.07, 6.45) is 5.95. The van der Waals surface area contributed by atoms with Crippen LogP contribution in [0, 0.1) is 5.92 Å². The molecule has 0 amide bonds. The lowest BCUT2D eigenvalue weighted by Crippen LogP contribution is -2.25. The third-order valence-electron chi connectivity index (χ3n) is 4.19. The van der Waals surface area contributed by atoms with Gasteiger partial charge in [0.15, 0.2) is 5.76 Å². The Morgan fingerprint density at radius 2 is 1.90 bits per heavy atom. The lowest BCUT2D eigenvalue weighted by atomic mass is 9.81. The number of carbonyl (C=O) groups is 1. The van der Waals surface area contributed by atoms with Crippen molar-refractivity contribution in [2.24, 2.45) is 10.9 Å². The highest BCUT2D eigenvalue weighted by atomic mass is 16.5. The first kappa shape index (κ1) is 12.9. The zero-order chi connectivity index (χ0) is 14.4. The minimum Gasteiger partial charge on any atom is -0.497 e. The molecule has 0 radical (unpaired) electrons. The lowest BCUT2D eigenvalue weighted by molar-refractivity contribution is -0.115. The summed E-state index contributed by atoms with van der Waals surface area (Å²) < 4.78 is 10.7. The minimum absolute atomic E-state index is 0.0203. The van der Waals surface area contributed by atoms with Crippen LogP contribution in [0.1, 0.15) is 13.8 Å². The van der Waals surface area contributed by atoms with E-state index in [0.717, 1.165) is 22.6 Å². The van der Waals surface area contributed by atoms with E-state index in [9.17, 15) is 4.79 Å². The number of hydrogen-bond donors (Lipinski definition) is 0. The van der Waals surface area contributed by atoms with E-state index in [1.165, 1.54) is 0 Å². The Labute approximate surface area is 118 Å². The van der Waals surface area contributed by atoms with Crippen molar-refractivity contribution in [1.82, 2.24) is 0 Å². The molecular formula is C16H17NO3. The van der Waals surface area contributed by atoms with Gasteiger partial charge >= 0.3 is 0 Å². The third kappa shape index (κ3) is 1.60. The van der Waals surface area contributed by atoms with Crippen LogP contribution in [0.2, 0.25) is 0 Å². The monoisotopic (exact) mass is 271 g/mol. The van der Waals surface area contributed by atoms with E-state index in [1.807, 2.05) is 32.1 Å². The Morgan fingerprint density at radius 3 is 2.55 bits per heavy atom. The number of ketones is 1. The van der Waals surface area contributed by atoms with E-state index < -0.39 is 0 Å². The fourth-order valence-corrected chi connectivity index (χ4v) is 2.94. The van der Waals surface area contributed by atoms with Crippen LogP contribution >= 0.6 is 0 Å². The van der Waals surface area contributed by atoms with Crippen molar-refractivity contribution in [1.29, 1.82) is 0 Å². The van der Waals surface area contributed by atoms with Gasteiger partial charge in [-0.3, -0.25) is 9.79 Å². The van der Waals surface area contributed by atoms with Crippen molar-refractivity contribution in [2.75, 3.05) is 14.2 Å². The number of methoxy groups -OCH3 is 2. The summed E-state index contributed by atoms with van der Waals surface area (Å²) in [4.78, 5) is 17.1. The highest BCUT2D eigenvalue weighted by molar-refractivity contribution is 6.27. The molecule has 2 atom stereocenters. The van der Waals surface area contributed by atoms with Crippen LogP contribution in [0.25, 0.3) is 0 Å². The van der Waals surface area contributed by atoms with Gasteiger partial charge in [0.05, 0.1) is 26.0 Å².